The predicted octanol–water partition coefficient (Wildman–Crippen LogP) is 5.82. The minimum atomic E-state index is -0.826. The first-order chi connectivity index (χ1) is 14.1. The van der Waals surface area contributed by atoms with Gasteiger partial charge in [-0.2, -0.15) is 0 Å². The summed E-state index contributed by atoms with van der Waals surface area (Å²) in [6.07, 6.45) is -0.0236. The highest BCUT2D eigenvalue weighted by Gasteiger charge is 2.53. The molecule has 0 amide bonds. The molecule has 4 aromatic rings. The molecule has 1 heterocycles. The number of carboxylic acid groups (broad SMARTS) is 1. The molecule has 29 heavy (non-hydrogen) atoms. The van der Waals surface area contributed by atoms with Crippen molar-refractivity contribution in [3.05, 3.63) is 77.0 Å². The van der Waals surface area contributed by atoms with Gasteiger partial charge in [-0.05, 0) is 69.3 Å². The molecule has 142 valence electrons. The Morgan fingerprint density at radius 3 is 2.48 bits per heavy atom. The monoisotopic (exact) mass is 379 g/mol. The van der Waals surface area contributed by atoms with Crippen LogP contribution in [0.25, 0.3) is 32.8 Å². The lowest BCUT2D eigenvalue weighted by molar-refractivity contribution is -0.136. The molecule has 6 rings (SSSR count). The lowest BCUT2D eigenvalue weighted by Gasteiger charge is -2.18. The molecule has 1 saturated carbocycles. The average Bonchev–Trinajstić information content (AvgIpc) is 3.24. The summed E-state index contributed by atoms with van der Waals surface area (Å²) < 4.78 is 0. The number of hydrogen-bond acceptors (Lipinski definition) is 2. The quantitative estimate of drug-likeness (QED) is 0.488. The average molecular weight is 379 g/mol. The van der Waals surface area contributed by atoms with Gasteiger partial charge in [0.15, 0.2) is 0 Å². The van der Waals surface area contributed by atoms with Crippen LogP contribution < -0.4 is 0 Å². The summed E-state index contributed by atoms with van der Waals surface area (Å²) in [4.78, 5) is 16.4. The Bertz CT molecular complexity index is 1340. The Hall–Kier alpha value is -3.20. The molecule has 3 atom stereocenters. The van der Waals surface area contributed by atoms with Crippen molar-refractivity contribution in [2.75, 3.05) is 0 Å². The van der Waals surface area contributed by atoms with Crippen molar-refractivity contribution < 1.29 is 9.90 Å². The molecule has 0 bridgehead atoms. The third-order valence-electron chi connectivity index (χ3n) is 7.00. The molecule has 2 aliphatic rings. The molecule has 0 radical (unpaired) electrons. The second-order valence-electron chi connectivity index (χ2n) is 8.52. The van der Waals surface area contributed by atoms with Crippen molar-refractivity contribution in [1.82, 2.24) is 4.98 Å². The van der Waals surface area contributed by atoms with Gasteiger partial charge in [0.05, 0.1) is 11.9 Å². The van der Waals surface area contributed by atoms with E-state index in [4.69, 9.17) is 4.98 Å². The molecule has 3 aromatic carbocycles. The Balaban J connectivity index is 1.72. The number of carboxylic acids is 1. The number of carbonyl (C=O) groups is 1. The number of benzene rings is 3. The maximum atomic E-state index is 11.7. The van der Waals surface area contributed by atoms with E-state index < -0.39 is 5.97 Å². The number of fused-ring (bicyclic) bond motifs is 4. The molecule has 3 unspecified atom stereocenters. The number of aromatic nitrogens is 1. The van der Waals surface area contributed by atoms with E-state index >= 15 is 0 Å². The van der Waals surface area contributed by atoms with E-state index in [0.29, 0.717) is 11.8 Å². The van der Waals surface area contributed by atoms with Crippen molar-refractivity contribution in [2.24, 2.45) is 5.92 Å². The zero-order valence-corrected chi connectivity index (χ0v) is 16.4. The summed E-state index contributed by atoms with van der Waals surface area (Å²) in [6, 6.07) is 19.2. The van der Waals surface area contributed by atoms with E-state index in [1.165, 1.54) is 21.9 Å². The third-order valence-corrected chi connectivity index (χ3v) is 7.00. The molecule has 0 spiro atoms. The molecule has 2 aliphatic carbocycles. The molecule has 1 N–H and O–H groups in total. The molecule has 3 nitrogen and oxygen atoms in total. The Labute approximate surface area is 169 Å². The molecular formula is C26H21NO2. The maximum absolute atomic E-state index is 11.7. The van der Waals surface area contributed by atoms with E-state index in [9.17, 15) is 9.90 Å². The van der Waals surface area contributed by atoms with Crippen LogP contribution in [0.4, 0.5) is 0 Å². The summed E-state index contributed by atoms with van der Waals surface area (Å²) >= 11 is 0. The Kier molecular flexibility index (Phi) is 3.27. The summed E-state index contributed by atoms with van der Waals surface area (Å²) in [5.41, 5.74) is 7.59. The number of aliphatic carboxylic acids is 1. The predicted molar refractivity (Wildman–Crippen MR) is 115 cm³/mol. The van der Waals surface area contributed by atoms with E-state index in [-0.39, 0.29) is 6.42 Å². The van der Waals surface area contributed by atoms with Crippen molar-refractivity contribution in [3.8, 4) is 11.1 Å². The van der Waals surface area contributed by atoms with Gasteiger partial charge in [-0.15, -0.1) is 0 Å². The third kappa shape index (κ3) is 2.19. The van der Waals surface area contributed by atoms with Gasteiger partial charge in [-0.25, -0.2) is 0 Å². The van der Waals surface area contributed by atoms with Gasteiger partial charge in [-0.3, -0.25) is 9.78 Å². The second-order valence-corrected chi connectivity index (χ2v) is 8.52. The lowest BCUT2D eigenvalue weighted by Crippen LogP contribution is -2.06. The summed E-state index contributed by atoms with van der Waals surface area (Å²) in [5.74, 6) is 1.20. The first kappa shape index (κ1) is 16.7. The largest absolute Gasteiger partial charge is 0.481 e. The maximum Gasteiger partial charge on any atom is 0.307 e. The van der Waals surface area contributed by atoms with Crippen LogP contribution >= 0.6 is 0 Å². The van der Waals surface area contributed by atoms with Crippen LogP contribution in [0.5, 0.6) is 0 Å². The first-order valence-electron chi connectivity index (χ1n) is 10.2. The van der Waals surface area contributed by atoms with E-state index in [1.807, 2.05) is 25.1 Å². The summed E-state index contributed by atoms with van der Waals surface area (Å²) in [5, 5.41) is 13.2. The molecular weight excluding hydrogens is 358 g/mol. The van der Waals surface area contributed by atoms with Gasteiger partial charge in [-0.1, -0.05) is 55.5 Å². The van der Waals surface area contributed by atoms with Crippen LogP contribution in [0.3, 0.4) is 0 Å². The SMILES string of the molecule is Cc1nc2ccccc2c(-c2ccc3c4c(cccc24)C2C(C)C32)c1CC(=O)O. The van der Waals surface area contributed by atoms with Crippen molar-refractivity contribution in [2.45, 2.75) is 32.1 Å². The van der Waals surface area contributed by atoms with E-state index in [1.54, 1.807) is 0 Å². The van der Waals surface area contributed by atoms with Crippen LogP contribution in [0.15, 0.2) is 54.6 Å². The van der Waals surface area contributed by atoms with Crippen LogP contribution in [-0.2, 0) is 11.2 Å². The van der Waals surface area contributed by atoms with Gasteiger partial charge < -0.3 is 5.11 Å². The van der Waals surface area contributed by atoms with Gasteiger partial charge in [0.1, 0.15) is 0 Å². The fourth-order valence-electron chi connectivity index (χ4n) is 5.70. The van der Waals surface area contributed by atoms with Crippen LogP contribution in [0.1, 0.15) is 41.1 Å². The zero-order valence-electron chi connectivity index (χ0n) is 16.4. The fourth-order valence-corrected chi connectivity index (χ4v) is 5.70. The lowest BCUT2D eigenvalue weighted by atomic mass is 9.87. The Morgan fingerprint density at radius 1 is 0.966 bits per heavy atom. The summed E-state index contributed by atoms with van der Waals surface area (Å²) in [6.45, 7) is 4.26. The standard InChI is InChI=1S/C26H21NO2/c1-13-23-18-8-5-7-15-16(10-11-19(24(13)23)26(15)18)25-17-6-3-4-9-21(17)27-14(2)20(25)12-22(28)29/h3-11,13,23-24H,12H2,1-2H3,(H,28,29). The van der Waals surface area contributed by atoms with E-state index in [0.717, 1.165) is 39.2 Å². The molecule has 3 heteroatoms. The highest BCUT2D eigenvalue weighted by molar-refractivity contribution is 6.09. The first-order valence-corrected chi connectivity index (χ1v) is 10.2. The molecule has 0 saturated heterocycles. The summed E-state index contributed by atoms with van der Waals surface area (Å²) in [7, 11) is 0. The minimum Gasteiger partial charge on any atom is -0.481 e. The van der Waals surface area contributed by atoms with Gasteiger partial charge >= 0.3 is 5.97 Å². The van der Waals surface area contributed by atoms with Crippen LogP contribution in [0.2, 0.25) is 0 Å². The smallest absolute Gasteiger partial charge is 0.307 e. The Morgan fingerprint density at radius 2 is 1.69 bits per heavy atom. The van der Waals surface area contributed by atoms with Crippen LogP contribution in [0, 0.1) is 12.8 Å². The highest BCUT2D eigenvalue weighted by Crippen LogP contribution is 2.67. The number of nitrogens with zero attached hydrogens (tertiary/aromatic N) is 1. The minimum absolute atomic E-state index is 0.0236. The number of hydrogen-bond donors (Lipinski definition) is 1. The highest BCUT2D eigenvalue weighted by atomic mass is 16.4. The van der Waals surface area contributed by atoms with Crippen molar-refractivity contribution >= 4 is 27.6 Å². The van der Waals surface area contributed by atoms with Crippen molar-refractivity contribution in [1.29, 1.82) is 0 Å². The molecule has 0 aliphatic heterocycles. The van der Waals surface area contributed by atoms with Crippen molar-refractivity contribution in [3.63, 3.8) is 0 Å². The fraction of sp³-hybridized carbons (Fsp3) is 0.231. The molecule has 1 fully saturated rings. The number of pyridine rings is 1. The second kappa shape index (κ2) is 5.66. The normalized spacial score (nSPS) is 21.5. The number of aryl methyl sites for hydroxylation is 1. The number of rotatable bonds is 3. The topological polar surface area (TPSA) is 50.2 Å². The van der Waals surface area contributed by atoms with Crippen LogP contribution in [-0.4, -0.2) is 16.1 Å². The molecule has 1 aromatic heterocycles. The van der Waals surface area contributed by atoms with E-state index in [2.05, 4.69) is 43.3 Å². The number of para-hydroxylation sites is 1. The zero-order chi connectivity index (χ0) is 19.9. The van der Waals surface area contributed by atoms with Gasteiger partial charge in [0.25, 0.3) is 0 Å². The van der Waals surface area contributed by atoms with Gasteiger partial charge in [0.2, 0.25) is 0 Å². The van der Waals surface area contributed by atoms with Gasteiger partial charge in [0, 0.05) is 11.1 Å².